The summed E-state index contributed by atoms with van der Waals surface area (Å²) in [5, 5.41) is 23.7. The Balaban J connectivity index is -0.000000188. The van der Waals surface area contributed by atoms with E-state index in [1.807, 2.05) is 0 Å². The van der Waals surface area contributed by atoms with Crippen LogP contribution in [0, 0.1) is 0 Å². The lowest BCUT2D eigenvalue weighted by molar-refractivity contribution is -0.151. The molecular weight excluding hydrogens is 232 g/mol. The van der Waals surface area contributed by atoms with E-state index in [0.717, 1.165) is 0 Å². The lowest BCUT2D eigenvalue weighted by Gasteiger charge is -2.01. The third kappa shape index (κ3) is 31.3. The summed E-state index contributed by atoms with van der Waals surface area (Å²) >= 11 is 0. The molecule has 104 valence electrons. The molecule has 0 heterocycles. The number of aliphatic hydroxyl groups is 3. The summed E-state index contributed by atoms with van der Waals surface area (Å²) in [7, 11) is 1.35. The molecule has 0 saturated carbocycles. The van der Waals surface area contributed by atoms with Crippen LogP contribution < -0.4 is 0 Å². The van der Waals surface area contributed by atoms with Gasteiger partial charge in [0.2, 0.25) is 0 Å². The highest BCUT2D eigenvalue weighted by Gasteiger charge is 2.07. The fourth-order valence-electron chi connectivity index (χ4n) is 0.263. The number of carbonyl (C=O) groups is 2. The van der Waals surface area contributed by atoms with Crippen LogP contribution in [0.3, 0.4) is 0 Å². The molecule has 0 fully saturated rings. The minimum absolute atomic E-state index is 0.125. The van der Waals surface area contributed by atoms with Crippen molar-refractivity contribution < 1.29 is 34.4 Å². The van der Waals surface area contributed by atoms with Crippen LogP contribution in [0.2, 0.25) is 0 Å². The number of hydrogen-bond acceptors (Lipinski definition) is 7. The number of methoxy groups -OCH3 is 1. The van der Waals surface area contributed by atoms with Gasteiger partial charge in [-0.15, -0.1) is 0 Å². The summed E-state index contributed by atoms with van der Waals surface area (Å²) in [4.78, 5) is 19.9. The van der Waals surface area contributed by atoms with Crippen LogP contribution in [0.25, 0.3) is 0 Å². The van der Waals surface area contributed by atoms with Crippen molar-refractivity contribution >= 4 is 11.9 Å². The van der Waals surface area contributed by atoms with E-state index in [4.69, 9.17) is 15.3 Å². The highest BCUT2D eigenvalue weighted by atomic mass is 16.5. The molecule has 0 aromatic rings. The van der Waals surface area contributed by atoms with Crippen molar-refractivity contribution in [3.63, 3.8) is 0 Å². The van der Waals surface area contributed by atoms with Crippen molar-refractivity contribution in [2.24, 2.45) is 0 Å². The van der Waals surface area contributed by atoms with Crippen molar-refractivity contribution in [3.05, 3.63) is 0 Å². The molecule has 0 aliphatic heterocycles. The van der Waals surface area contributed by atoms with Gasteiger partial charge in [0.05, 0.1) is 26.9 Å². The number of hydrogen-bond donors (Lipinski definition) is 3. The van der Waals surface area contributed by atoms with E-state index in [0.29, 0.717) is 6.61 Å². The van der Waals surface area contributed by atoms with Gasteiger partial charge in [-0.1, -0.05) is 0 Å². The normalized spacial score (nSPS) is 9.82. The van der Waals surface area contributed by atoms with E-state index in [1.165, 1.54) is 21.0 Å². The molecule has 0 saturated heterocycles. The highest BCUT2D eigenvalue weighted by Crippen LogP contribution is 1.84. The molecule has 7 nitrogen and oxygen atoms in total. The quantitative estimate of drug-likeness (QED) is 0.558. The first-order valence-corrected chi connectivity index (χ1v) is 4.98. The lowest BCUT2D eigenvalue weighted by atomic mass is 10.4. The Hall–Kier alpha value is -1.18. The van der Waals surface area contributed by atoms with Gasteiger partial charge in [-0.2, -0.15) is 0 Å². The standard InChI is InChI=1S/C5H10O3.C3H6O2.C2H6O2/c1-3-8-5(7)4(2)6;1-3(4)5-2;3-1-2-4/h4,6H,3H2,1-2H3;1-2H3;3-4H,1-2H2. The maximum Gasteiger partial charge on any atom is 0.334 e. The number of carbonyl (C=O) groups excluding carboxylic acids is 2. The van der Waals surface area contributed by atoms with E-state index in [-0.39, 0.29) is 19.2 Å². The molecule has 7 heteroatoms. The van der Waals surface area contributed by atoms with Gasteiger partial charge < -0.3 is 24.8 Å². The minimum Gasteiger partial charge on any atom is -0.469 e. The zero-order valence-corrected chi connectivity index (χ0v) is 10.7. The largest absolute Gasteiger partial charge is 0.469 e. The summed E-state index contributed by atoms with van der Waals surface area (Å²) in [5.74, 6) is -0.808. The molecule has 0 aliphatic rings. The smallest absolute Gasteiger partial charge is 0.334 e. The van der Waals surface area contributed by atoms with Gasteiger partial charge in [0.1, 0.15) is 6.10 Å². The third-order valence-electron chi connectivity index (χ3n) is 1.02. The highest BCUT2D eigenvalue weighted by molar-refractivity contribution is 5.73. The fourth-order valence-corrected chi connectivity index (χ4v) is 0.263. The Labute approximate surface area is 101 Å². The van der Waals surface area contributed by atoms with E-state index >= 15 is 0 Å². The SMILES string of the molecule is CCOC(=O)C(C)O.COC(C)=O.OCCO. The summed E-state index contributed by atoms with van der Waals surface area (Å²) in [5.41, 5.74) is 0. The Kier molecular flexibility index (Phi) is 21.4. The topological polar surface area (TPSA) is 113 Å². The molecule has 0 rings (SSSR count). The minimum atomic E-state index is -0.991. The molecule has 0 aromatic carbocycles. The summed E-state index contributed by atoms with van der Waals surface area (Å²) < 4.78 is 8.53. The van der Waals surface area contributed by atoms with Gasteiger partial charge in [-0.3, -0.25) is 4.79 Å². The average molecular weight is 254 g/mol. The molecule has 0 aliphatic carbocycles. The molecule has 0 spiro atoms. The molecule has 0 amide bonds. The molecule has 1 atom stereocenters. The number of esters is 2. The van der Waals surface area contributed by atoms with Crippen LogP contribution in [-0.4, -0.2) is 60.3 Å². The van der Waals surface area contributed by atoms with Crippen LogP contribution in [-0.2, 0) is 19.1 Å². The molecule has 0 aromatic heterocycles. The van der Waals surface area contributed by atoms with Crippen molar-refractivity contribution in [3.8, 4) is 0 Å². The lowest BCUT2D eigenvalue weighted by Crippen LogP contribution is -2.18. The zero-order valence-electron chi connectivity index (χ0n) is 10.7. The molecule has 1 unspecified atom stereocenters. The monoisotopic (exact) mass is 254 g/mol. The van der Waals surface area contributed by atoms with Crippen molar-refractivity contribution in [1.82, 2.24) is 0 Å². The summed E-state index contributed by atoms with van der Waals surface area (Å²) in [6, 6.07) is 0. The van der Waals surface area contributed by atoms with Crippen molar-refractivity contribution in [1.29, 1.82) is 0 Å². The number of rotatable bonds is 3. The van der Waals surface area contributed by atoms with Gasteiger partial charge in [-0.25, -0.2) is 4.79 Å². The predicted molar refractivity (Wildman–Crippen MR) is 60.2 cm³/mol. The van der Waals surface area contributed by atoms with E-state index in [2.05, 4.69) is 9.47 Å². The van der Waals surface area contributed by atoms with Gasteiger partial charge in [0.25, 0.3) is 0 Å². The predicted octanol–water partition coefficient (Wildman–Crippen LogP) is -0.919. The van der Waals surface area contributed by atoms with Crippen molar-refractivity contribution in [2.45, 2.75) is 26.9 Å². The van der Waals surface area contributed by atoms with Crippen LogP contribution >= 0.6 is 0 Å². The zero-order chi connectivity index (χ0) is 14.3. The molecule has 3 N–H and O–H groups in total. The van der Waals surface area contributed by atoms with Crippen LogP contribution in [0.4, 0.5) is 0 Å². The third-order valence-corrected chi connectivity index (χ3v) is 1.02. The molecule has 17 heavy (non-hydrogen) atoms. The van der Waals surface area contributed by atoms with Crippen LogP contribution in [0.1, 0.15) is 20.8 Å². The first-order chi connectivity index (χ1) is 7.87. The van der Waals surface area contributed by atoms with Gasteiger partial charge >= 0.3 is 11.9 Å². The summed E-state index contributed by atoms with van der Waals surface area (Å²) in [6.07, 6.45) is -0.991. The molecular formula is C10H22O7. The maximum absolute atomic E-state index is 10.3. The molecule has 0 bridgehead atoms. The van der Waals surface area contributed by atoms with E-state index in [1.54, 1.807) is 6.92 Å². The second-order valence-electron chi connectivity index (χ2n) is 2.57. The van der Waals surface area contributed by atoms with Gasteiger partial charge in [0, 0.05) is 6.92 Å². The second-order valence-corrected chi connectivity index (χ2v) is 2.57. The van der Waals surface area contributed by atoms with Crippen molar-refractivity contribution in [2.75, 3.05) is 26.9 Å². The van der Waals surface area contributed by atoms with Crippen LogP contribution in [0.15, 0.2) is 0 Å². The maximum atomic E-state index is 10.3. The number of aliphatic hydroxyl groups excluding tert-OH is 3. The van der Waals surface area contributed by atoms with Crippen LogP contribution in [0.5, 0.6) is 0 Å². The van der Waals surface area contributed by atoms with Gasteiger partial charge in [0.15, 0.2) is 0 Å². The van der Waals surface area contributed by atoms with Gasteiger partial charge in [-0.05, 0) is 13.8 Å². The Bertz CT molecular complexity index is 177. The first-order valence-electron chi connectivity index (χ1n) is 4.98. The Morgan fingerprint density at radius 3 is 1.65 bits per heavy atom. The Morgan fingerprint density at radius 2 is 1.59 bits per heavy atom. The first kappa shape index (κ1) is 21.1. The van der Waals surface area contributed by atoms with E-state index < -0.39 is 12.1 Å². The second kappa shape index (κ2) is 17.2. The van der Waals surface area contributed by atoms with E-state index in [9.17, 15) is 9.59 Å². The fraction of sp³-hybridized carbons (Fsp3) is 0.800. The Morgan fingerprint density at radius 1 is 1.24 bits per heavy atom. The summed E-state index contributed by atoms with van der Waals surface area (Å²) in [6.45, 7) is 4.50. The number of ether oxygens (including phenoxy) is 2. The molecule has 0 radical (unpaired) electrons. The average Bonchev–Trinajstić information content (AvgIpc) is 2.30.